The highest BCUT2D eigenvalue weighted by atomic mass is 32.1. The van der Waals surface area contributed by atoms with Crippen LogP contribution in [-0.4, -0.2) is 51.1 Å². The highest BCUT2D eigenvalue weighted by Crippen LogP contribution is 2.34. The van der Waals surface area contributed by atoms with Gasteiger partial charge in [-0.05, 0) is 18.2 Å². The number of rotatable bonds is 5. The zero-order chi connectivity index (χ0) is 21.1. The molecular formula is C19H19F3N6OS. The number of hydrogen-bond donors (Lipinski definition) is 3. The van der Waals surface area contributed by atoms with Crippen LogP contribution in [0.3, 0.4) is 0 Å². The lowest BCUT2D eigenvalue weighted by Crippen LogP contribution is -2.42. The molecule has 1 saturated heterocycles. The van der Waals surface area contributed by atoms with E-state index in [-0.39, 0.29) is 11.6 Å². The molecule has 0 amide bonds. The van der Waals surface area contributed by atoms with E-state index in [1.807, 2.05) is 5.38 Å². The highest BCUT2D eigenvalue weighted by molar-refractivity contribution is 7.13. The third kappa shape index (κ3) is 5.04. The van der Waals surface area contributed by atoms with Crippen LogP contribution in [0.2, 0.25) is 0 Å². The molecule has 0 unspecified atom stereocenters. The second-order valence-electron chi connectivity index (χ2n) is 6.83. The minimum absolute atomic E-state index is 0.0398. The Labute approximate surface area is 174 Å². The van der Waals surface area contributed by atoms with E-state index in [1.165, 1.54) is 23.6 Å². The average Bonchev–Trinajstić information content (AvgIpc) is 3.16. The normalized spacial score (nSPS) is 15.3. The maximum Gasteiger partial charge on any atom is 0.416 e. The fourth-order valence-electron chi connectivity index (χ4n) is 3.11. The third-order valence-corrected chi connectivity index (χ3v) is 5.44. The van der Waals surface area contributed by atoms with Crippen molar-refractivity contribution >= 4 is 23.0 Å². The van der Waals surface area contributed by atoms with Gasteiger partial charge in [0, 0.05) is 56.1 Å². The number of benzene rings is 1. The summed E-state index contributed by atoms with van der Waals surface area (Å²) in [6.45, 7) is 4.63. The molecule has 3 aromatic rings. The molecule has 0 bridgehead atoms. The van der Waals surface area contributed by atoms with Gasteiger partial charge in [-0.1, -0.05) is 0 Å². The molecule has 11 heteroatoms. The first-order valence-corrected chi connectivity index (χ1v) is 10.1. The molecule has 0 saturated carbocycles. The standard InChI is InChI=1S/C19H19F3N6OS/c20-19(21,22)12-7-13(9-15(29)8-12)26-18-24-2-1-16(27-18)17-25-14(11-30-17)10-28-5-3-23-4-6-28/h1-2,7-9,11,23,29H,3-6,10H2,(H,24,26,27). The summed E-state index contributed by atoms with van der Waals surface area (Å²) in [6.07, 6.45) is -3.06. The van der Waals surface area contributed by atoms with Crippen LogP contribution in [-0.2, 0) is 12.7 Å². The van der Waals surface area contributed by atoms with Crippen LogP contribution < -0.4 is 10.6 Å². The van der Waals surface area contributed by atoms with Crippen LogP contribution in [0.15, 0.2) is 35.8 Å². The first kappa shape index (κ1) is 20.5. The van der Waals surface area contributed by atoms with E-state index in [0.29, 0.717) is 16.8 Å². The van der Waals surface area contributed by atoms with Crippen molar-refractivity contribution in [1.29, 1.82) is 0 Å². The molecule has 3 N–H and O–H groups in total. The minimum Gasteiger partial charge on any atom is -0.508 e. The molecule has 7 nitrogen and oxygen atoms in total. The van der Waals surface area contributed by atoms with Gasteiger partial charge < -0.3 is 15.7 Å². The van der Waals surface area contributed by atoms with Crippen LogP contribution in [0.5, 0.6) is 5.75 Å². The summed E-state index contributed by atoms with van der Waals surface area (Å²) in [7, 11) is 0. The smallest absolute Gasteiger partial charge is 0.416 e. The Balaban J connectivity index is 1.50. The lowest BCUT2D eigenvalue weighted by atomic mass is 10.2. The number of nitrogens with one attached hydrogen (secondary N) is 2. The Morgan fingerprint density at radius 1 is 1.17 bits per heavy atom. The van der Waals surface area contributed by atoms with Crippen LogP contribution >= 0.6 is 11.3 Å². The summed E-state index contributed by atoms with van der Waals surface area (Å²) in [5.74, 6) is -0.383. The molecule has 30 heavy (non-hydrogen) atoms. The minimum atomic E-state index is -4.57. The predicted molar refractivity (Wildman–Crippen MR) is 108 cm³/mol. The molecule has 0 spiro atoms. The fraction of sp³-hybridized carbons (Fsp3) is 0.316. The maximum atomic E-state index is 13.0. The Kier molecular flexibility index (Phi) is 5.84. The van der Waals surface area contributed by atoms with Crippen molar-refractivity contribution in [2.45, 2.75) is 12.7 Å². The second kappa shape index (κ2) is 8.54. The molecule has 1 aliphatic rings. The zero-order valence-electron chi connectivity index (χ0n) is 15.8. The van der Waals surface area contributed by atoms with Crippen molar-refractivity contribution in [3.05, 3.63) is 47.1 Å². The van der Waals surface area contributed by atoms with Crippen molar-refractivity contribution in [2.24, 2.45) is 0 Å². The van der Waals surface area contributed by atoms with E-state index in [0.717, 1.165) is 44.5 Å². The van der Waals surface area contributed by atoms with Gasteiger partial charge in [0.1, 0.15) is 16.5 Å². The molecule has 0 aliphatic carbocycles. The zero-order valence-corrected chi connectivity index (χ0v) is 16.6. The average molecular weight is 436 g/mol. The quantitative estimate of drug-likeness (QED) is 0.565. The molecule has 3 heterocycles. The van der Waals surface area contributed by atoms with Gasteiger partial charge >= 0.3 is 6.18 Å². The summed E-state index contributed by atoms with van der Waals surface area (Å²) in [4.78, 5) is 15.4. The van der Waals surface area contributed by atoms with Crippen LogP contribution in [0.25, 0.3) is 10.7 Å². The van der Waals surface area contributed by atoms with Crippen molar-refractivity contribution < 1.29 is 18.3 Å². The molecule has 1 fully saturated rings. The first-order chi connectivity index (χ1) is 14.4. The number of anilines is 2. The summed E-state index contributed by atoms with van der Waals surface area (Å²) in [5, 5.41) is 18.3. The monoisotopic (exact) mass is 436 g/mol. The summed E-state index contributed by atoms with van der Waals surface area (Å²) in [5.41, 5.74) is 0.602. The number of aromatic hydroxyl groups is 1. The number of alkyl halides is 3. The lowest BCUT2D eigenvalue weighted by Gasteiger charge is -2.26. The van der Waals surface area contributed by atoms with Gasteiger partial charge in [-0.2, -0.15) is 13.2 Å². The van der Waals surface area contributed by atoms with Crippen LogP contribution in [0.1, 0.15) is 11.3 Å². The van der Waals surface area contributed by atoms with Crippen LogP contribution in [0, 0.1) is 0 Å². The Hall–Kier alpha value is -2.76. The SMILES string of the molecule is Oc1cc(Nc2nccc(-c3nc(CN4CCNCC4)cs3)n2)cc(C(F)(F)F)c1. The number of hydrogen-bond acceptors (Lipinski definition) is 8. The fourth-order valence-corrected chi connectivity index (χ4v) is 3.89. The molecule has 1 aromatic carbocycles. The summed E-state index contributed by atoms with van der Waals surface area (Å²) < 4.78 is 38.9. The molecule has 0 atom stereocenters. The Morgan fingerprint density at radius 2 is 1.97 bits per heavy atom. The molecule has 158 valence electrons. The van der Waals surface area contributed by atoms with E-state index in [4.69, 9.17) is 0 Å². The Bertz CT molecular complexity index is 1020. The molecule has 0 radical (unpaired) electrons. The molecule has 1 aliphatic heterocycles. The van der Waals surface area contributed by atoms with Gasteiger partial charge in [0.05, 0.1) is 11.3 Å². The van der Waals surface area contributed by atoms with Gasteiger partial charge in [0.2, 0.25) is 5.95 Å². The maximum absolute atomic E-state index is 13.0. The van der Waals surface area contributed by atoms with Gasteiger partial charge in [-0.3, -0.25) is 4.90 Å². The Morgan fingerprint density at radius 3 is 2.73 bits per heavy atom. The highest BCUT2D eigenvalue weighted by Gasteiger charge is 2.31. The van der Waals surface area contributed by atoms with E-state index < -0.39 is 17.5 Å². The first-order valence-electron chi connectivity index (χ1n) is 9.26. The van der Waals surface area contributed by atoms with Crippen molar-refractivity contribution in [1.82, 2.24) is 25.2 Å². The number of nitrogens with zero attached hydrogens (tertiary/aromatic N) is 4. The van der Waals surface area contributed by atoms with Crippen LogP contribution in [0.4, 0.5) is 24.8 Å². The van der Waals surface area contributed by atoms with Crippen molar-refractivity contribution in [2.75, 3.05) is 31.5 Å². The summed E-state index contributed by atoms with van der Waals surface area (Å²) >= 11 is 1.45. The van der Waals surface area contributed by atoms with E-state index in [1.54, 1.807) is 6.07 Å². The molecule has 2 aromatic heterocycles. The van der Waals surface area contributed by atoms with Crippen molar-refractivity contribution in [3.8, 4) is 16.5 Å². The topological polar surface area (TPSA) is 86.2 Å². The van der Waals surface area contributed by atoms with E-state index in [2.05, 4.69) is 30.5 Å². The summed E-state index contributed by atoms with van der Waals surface area (Å²) in [6, 6.07) is 4.44. The third-order valence-electron chi connectivity index (χ3n) is 4.52. The lowest BCUT2D eigenvalue weighted by molar-refractivity contribution is -0.137. The largest absolute Gasteiger partial charge is 0.508 e. The number of phenols is 1. The predicted octanol–water partition coefficient (Wildman–Crippen LogP) is 3.47. The number of thiazole rings is 1. The van der Waals surface area contributed by atoms with Gasteiger partial charge in [0.25, 0.3) is 0 Å². The van der Waals surface area contributed by atoms with Crippen molar-refractivity contribution in [3.63, 3.8) is 0 Å². The number of piperazine rings is 1. The van der Waals surface area contributed by atoms with Gasteiger partial charge in [-0.25, -0.2) is 15.0 Å². The van der Waals surface area contributed by atoms with E-state index >= 15 is 0 Å². The number of phenolic OH excluding ortho intramolecular Hbond substituents is 1. The number of halogens is 3. The number of aromatic nitrogens is 3. The van der Waals surface area contributed by atoms with Gasteiger partial charge in [0.15, 0.2) is 0 Å². The second-order valence-corrected chi connectivity index (χ2v) is 7.69. The van der Waals surface area contributed by atoms with E-state index in [9.17, 15) is 18.3 Å². The van der Waals surface area contributed by atoms with Gasteiger partial charge in [-0.15, -0.1) is 11.3 Å². The molecular weight excluding hydrogens is 417 g/mol. The molecule has 4 rings (SSSR count).